The van der Waals surface area contributed by atoms with Crippen LogP contribution in [0.25, 0.3) is 4.96 Å². The van der Waals surface area contributed by atoms with Crippen molar-refractivity contribution < 1.29 is 12.8 Å². The molecule has 112 valence electrons. The second-order valence-electron chi connectivity index (χ2n) is 4.54. The Morgan fingerprint density at radius 1 is 1.48 bits per heavy atom. The molecule has 3 rings (SSSR count). The molecule has 3 aromatic heterocycles. The predicted molar refractivity (Wildman–Crippen MR) is 80.2 cm³/mol. The second kappa shape index (κ2) is 5.13. The van der Waals surface area contributed by atoms with Gasteiger partial charge in [0, 0.05) is 18.6 Å². The van der Waals surface area contributed by atoms with Gasteiger partial charge in [-0.2, -0.15) is 4.31 Å². The number of aromatic nitrogens is 2. The summed E-state index contributed by atoms with van der Waals surface area (Å²) in [5.41, 5.74) is 0. The van der Waals surface area contributed by atoms with Gasteiger partial charge >= 0.3 is 0 Å². The minimum atomic E-state index is -3.76. The van der Waals surface area contributed by atoms with Crippen LogP contribution in [0.1, 0.15) is 11.5 Å². The lowest BCUT2D eigenvalue weighted by molar-refractivity contribution is 0.396. The molecule has 0 fully saturated rings. The first-order chi connectivity index (χ1) is 9.89. The van der Waals surface area contributed by atoms with Gasteiger partial charge in [-0.1, -0.05) is 11.6 Å². The monoisotopic (exact) mass is 345 g/mol. The Hall–Kier alpha value is -1.35. The maximum Gasteiger partial charge on any atom is 0.262 e. The molecule has 0 radical (unpaired) electrons. The Balaban J connectivity index is 1.99. The van der Waals surface area contributed by atoms with E-state index in [9.17, 15) is 8.42 Å². The number of fused-ring (bicyclic) bond motifs is 1. The van der Waals surface area contributed by atoms with Crippen molar-refractivity contribution in [1.29, 1.82) is 0 Å². The van der Waals surface area contributed by atoms with Crippen LogP contribution in [0.2, 0.25) is 5.15 Å². The van der Waals surface area contributed by atoms with Crippen molar-refractivity contribution in [2.75, 3.05) is 7.05 Å². The molecule has 3 aromatic rings. The molecule has 0 spiro atoms. The molecule has 3 heterocycles. The van der Waals surface area contributed by atoms with Gasteiger partial charge in [0.1, 0.15) is 11.5 Å². The predicted octanol–water partition coefficient (Wildman–Crippen LogP) is 2.77. The standard InChI is InChI=1S/C12H12ClN3O3S2/c1-8-3-4-9(19-8)7-15(2)21(17,18)11-10(13)14-12-16(11)5-6-20-12/h3-6H,7H2,1-2H3. The van der Waals surface area contributed by atoms with Gasteiger partial charge in [0.05, 0.1) is 6.54 Å². The third kappa shape index (κ3) is 2.48. The zero-order chi connectivity index (χ0) is 15.2. The van der Waals surface area contributed by atoms with Crippen molar-refractivity contribution in [2.45, 2.75) is 18.5 Å². The summed E-state index contributed by atoms with van der Waals surface area (Å²) in [6.07, 6.45) is 1.64. The van der Waals surface area contributed by atoms with Crippen LogP contribution in [0, 0.1) is 6.92 Å². The minimum absolute atomic E-state index is 0.0220. The van der Waals surface area contributed by atoms with E-state index >= 15 is 0 Å². The van der Waals surface area contributed by atoms with E-state index < -0.39 is 10.0 Å². The zero-order valence-electron chi connectivity index (χ0n) is 11.3. The Bertz CT molecular complexity index is 894. The number of halogens is 1. The normalized spacial score (nSPS) is 12.6. The van der Waals surface area contributed by atoms with E-state index in [2.05, 4.69) is 4.98 Å². The maximum atomic E-state index is 12.7. The topological polar surface area (TPSA) is 67.8 Å². The molecule has 21 heavy (non-hydrogen) atoms. The first-order valence-corrected chi connectivity index (χ1v) is 8.72. The summed E-state index contributed by atoms with van der Waals surface area (Å²) in [6, 6.07) is 3.54. The van der Waals surface area contributed by atoms with Gasteiger partial charge in [-0.3, -0.25) is 4.40 Å². The fraction of sp³-hybridized carbons (Fsp3) is 0.250. The van der Waals surface area contributed by atoms with Gasteiger partial charge in [0.25, 0.3) is 10.0 Å². The largest absolute Gasteiger partial charge is 0.465 e. The maximum absolute atomic E-state index is 12.7. The van der Waals surface area contributed by atoms with Crippen LogP contribution in [-0.4, -0.2) is 29.2 Å². The van der Waals surface area contributed by atoms with E-state index in [0.717, 1.165) is 5.76 Å². The van der Waals surface area contributed by atoms with E-state index in [1.807, 2.05) is 0 Å². The van der Waals surface area contributed by atoms with Crippen LogP contribution in [0.4, 0.5) is 0 Å². The number of hydrogen-bond donors (Lipinski definition) is 0. The van der Waals surface area contributed by atoms with Crippen LogP contribution in [0.5, 0.6) is 0 Å². The van der Waals surface area contributed by atoms with Gasteiger partial charge in [-0.25, -0.2) is 13.4 Å². The van der Waals surface area contributed by atoms with Crippen molar-refractivity contribution in [3.63, 3.8) is 0 Å². The number of sulfonamides is 1. The number of rotatable bonds is 4. The van der Waals surface area contributed by atoms with E-state index in [-0.39, 0.29) is 16.7 Å². The highest BCUT2D eigenvalue weighted by Crippen LogP contribution is 2.28. The van der Waals surface area contributed by atoms with Crippen LogP contribution in [0.3, 0.4) is 0 Å². The van der Waals surface area contributed by atoms with Crippen LogP contribution in [0.15, 0.2) is 33.2 Å². The number of nitrogens with zero attached hydrogens (tertiary/aromatic N) is 3. The minimum Gasteiger partial charge on any atom is -0.465 e. The highest BCUT2D eigenvalue weighted by Gasteiger charge is 2.29. The van der Waals surface area contributed by atoms with Gasteiger partial charge in [0.2, 0.25) is 0 Å². The fourth-order valence-electron chi connectivity index (χ4n) is 1.99. The Morgan fingerprint density at radius 3 is 2.90 bits per heavy atom. The van der Waals surface area contributed by atoms with E-state index in [1.165, 1.54) is 27.1 Å². The molecule has 0 saturated heterocycles. The Labute approximate surface area is 130 Å². The summed E-state index contributed by atoms with van der Waals surface area (Å²) >= 11 is 7.31. The molecule has 0 aliphatic rings. The average Bonchev–Trinajstić information content (AvgIpc) is 3.05. The Kier molecular flexibility index (Phi) is 3.56. The molecule has 0 unspecified atom stereocenters. The van der Waals surface area contributed by atoms with Crippen molar-refractivity contribution in [3.05, 3.63) is 40.4 Å². The fourth-order valence-corrected chi connectivity index (χ4v) is 4.52. The summed E-state index contributed by atoms with van der Waals surface area (Å²) < 4.78 is 33.4. The highest BCUT2D eigenvalue weighted by molar-refractivity contribution is 7.89. The SMILES string of the molecule is Cc1ccc(CN(C)S(=O)(=O)c2c(Cl)nc3sccn23)o1. The van der Waals surface area contributed by atoms with Gasteiger partial charge < -0.3 is 4.42 Å². The van der Waals surface area contributed by atoms with Crippen molar-refractivity contribution in [2.24, 2.45) is 0 Å². The summed E-state index contributed by atoms with van der Waals surface area (Å²) in [6.45, 7) is 1.94. The van der Waals surface area contributed by atoms with Crippen molar-refractivity contribution >= 4 is 37.9 Å². The lowest BCUT2D eigenvalue weighted by Gasteiger charge is -2.15. The van der Waals surface area contributed by atoms with E-state index in [1.54, 1.807) is 30.6 Å². The number of furan rings is 1. The van der Waals surface area contributed by atoms with Gasteiger partial charge in [-0.05, 0) is 19.1 Å². The van der Waals surface area contributed by atoms with Crippen molar-refractivity contribution in [3.8, 4) is 0 Å². The third-order valence-corrected chi connectivity index (χ3v) is 5.97. The molecule has 0 aliphatic carbocycles. The molecule has 6 nitrogen and oxygen atoms in total. The lowest BCUT2D eigenvalue weighted by atomic mass is 10.4. The quantitative estimate of drug-likeness (QED) is 0.729. The molecule has 0 aliphatic heterocycles. The summed E-state index contributed by atoms with van der Waals surface area (Å²) in [5, 5.41) is 1.71. The van der Waals surface area contributed by atoms with Gasteiger partial charge in [0.15, 0.2) is 15.1 Å². The molecular formula is C12H12ClN3O3S2. The second-order valence-corrected chi connectivity index (χ2v) is 7.73. The molecule has 0 atom stereocenters. The molecular weight excluding hydrogens is 334 g/mol. The number of hydrogen-bond acceptors (Lipinski definition) is 5. The molecule has 0 amide bonds. The summed E-state index contributed by atoms with van der Waals surface area (Å²) in [7, 11) is -2.28. The first kappa shape index (κ1) is 14.6. The van der Waals surface area contributed by atoms with Crippen molar-refractivity contribution in [1.82, 2.24) is 13.7 Å². The molecule has 0 bridgehead atoms. The number of thiazole rings is 1. The molecule has 9 heteroatoms. The van der Waals surface area contributed by atoms with Crippen LogP contribution in [-0.2, 0) is 16.6 Å². The zero-order valence-corrected chi connectivity index (χ0v) is 13.7. The first-order valence-electron chi connectivity index (χ1n) is 6.02. The molecule has 0 saturated carbocycles. The number of aryl methyl sites for hydroxylation is 1. The lowest BCUT2D eigenvalue weighted by Crippen LogP contribution is -2.27. The third-order valence-electron chi connectivity index (χ3n) is 3.01. The summed E-state index contributed by atoms with van der Waals surface area (Å²) in [5.74, 6) is 1.30. The van der Waals surface area contributed by atoms with Crippen LogP contribution < -0.4 is 0 Å². The Morgan fingerprint density at radius 2 is 2.24 bits per heavy atom. The average molecular weight is 346 g/mol. The smallest absolute Gasteiger partial charge is 0.262 e. The van der Waals surface area contributed by atoms with Crippen LogP contribution >= 0.6 is 22.9 Å². The number of imidazole rings is 1. The van der Waals surface area contributed by atoms with E-state index in [0.29, 0.717) is 10.7 Å². The molecule has 0 N–H and O–H groups in total. The molecule has 0 aromatic carbocycles. The highest BCUT2D eigenvalue weighted by atomic mass is 35.5. The van der Waals surface area contributed by atoms with Gasteiger partial charge in [-0.15, -0.1) is 11.3 Å². The summed E-state index contributed by atoms with van der Waals surface area (Å²) in [4.78, 5) is 4.59. The van der Waals surface area contributed by atoms with E-state index in [4.69, 9.17) is 16.0 Å².